The molecule has 90 valence electrons. The summed E-state index contributed by atoms with van der Waals surface area (Å²) in [6, 6.07) is 6.06. The zero-order valence-corrected chi connectivity index (χ0v) is 11.3. The van der Waals surface area contributed by atoms with E-state index in [4.69, 9.17) is 5.73 Å². The molecule has 0 heterocycles. The Morgan fingerprint density at radius 2 is 2.06 bits per heavy atom. The Morgan fingerprint density at radius 1 is 1.38 bits per heavy atom. The lowest BCUT2D eigenvalue weighted by Crippen LogP contribution is -2.29. The number of nitrogens with two attached hydrogens (primary N) is 1. The quantitative estimate of drug-likeness (QED) is 0.779. The second kappa shape index (κ2) is 6.23. The number of aliphatic hydroxyl groups is 1. The van der Waals surface area contributed by atoms with Gasteiger partial charge in [-0.05, 0) is 29.7 Å². The van der Waals surface area contributed by atoms with Crippen molar-refractivity contribution in [2.45, 2.75) is 26.4 Å². The van der Waals surface area contributed by atoms with Crippen LogP contribution in [0.2, 0.25) is 0 Å². The number of rotatable bonds is 5. The van der Waals surface area contributed by atoms with E-state index in [1.807, 2.05) is 18.2 Å². The van der Waals surface area contributed by atoms with E-state index in [1.165, 1.54) is 0 Å². The predicted molar refractivity (Wildman–Crippen MR) is 71.4 cm³/mol. The first-order valence-corrected chi connectivity index (χ1v) is 6.23. The van der Waals surface area contributed by atoms with E-state index in [9.17, 15) is 5.11 Å². The van der Waals surface area contributed by atoms with Crippen LogP contribution in [0.5, 0.6) is 0 Å². The molecule has 0 amide bonds. The topological polar surface area (TPSA) is 58.3 Å². The molecule has 1 aromatic rings. The van der Waals surface area contributed by atoms with Crippen molar-refractivity contribution < 1.29 is 5.11 Å². The minimum atomic E-state index is 0.0694. The standard InChI is InChI=1S/C12H19BrN2O/c1-8(2)12(7-16)15-11-4-9(6-14)3-10(13)5-11/h3-5,8,12,15-16H,6-7,14H2,1-2H3. The van der Waals surface area contributed by atoms with Gasteiger partial charge in [-0.3, -0.25) is 0 Å². The van der Waals surface area contributed by atoms with Crippen molar-refractivity contribution in [3.05, 3.63) is 28.2 Å². The summed E-state index contributed by atoms with van der Waals surface area (Å²) < 4.78 is 0.999. The van der Waals surface area contributed by atoms with Crippen LogP contribution < -0.4 is 11.1 Å². The van der Waals surface area contributed by atoms with Crippen LogP contribution in [0.25, 0.3) is 0 Å². The Hall–Kier alpha value is -0.580. The van der Waals surface area contributed by atoms with Gasteiger partial charge in [0.15, 0.2) is 0 Å². The summed E-state index contributed by atoms with van der Waals surface area (Å²) in [5.41, 5.74) is 7.67. The van der Waals surface area contributed by atoms with Gasteiger partial charge in [-0.25, -0.2) is 0 Å². The number of hydrogen-bond donors (Lipinski definition) is 3. The highest BCUT2D eigenvalue weighted by Crippen LogP contribution is 2.21. The Balaban J connectivity index is 2.83. The van der Waals surface area contributed by atoms with Crippen molar-refractivity contribution in [3.8, 4) is 0 Å². The first kappa shape index (κ1) is 13.5. The summed E-state index contributed by atoms with van der Waals surface area (Å²) in [5.74, 6) is 0.380. The first-order chi connectivity index (χ1) is 7.56. The highest BCUT2D eigenvalue weighted by atomic mass is 79.9. The summed E-state index contributed by atoms with van der Waals surface area (Å²) in [6.45, 7) is 4.80. The van der Waals surface area contributed by atoms with Gasteiger partial charge in [0.05, 0.1) is 12.6 Å². The highest BCUT2D eigenvalue weighted by molar-refractivity contribution is 9.10. The molecule has 0 aliphatic heterocycles. The van der Waals surface area contributed by atoms with Crippen LogP contribution >= 0.6 is 15.9 Å². The Labute approximate surface area is 105 Å². The van der Waals surface area contributed by atoms with E-state index in [1.54, 1.807) is 0 Å². The maximum Gasteiger partial charge on any atom is 0.0635 e. The molecule has 4 N–H and O–H groups in total. The third kappa shape index (κ3) is 3.77. The van der Waals surface area contributed by atoms with Gasteiger partial charge < -0.3 is 16.2 Å². The van der Waals surface area contributed by atoms with Crippen LogP contribution in [-0.4, -0.2) is 17.8 Å². The number of aliphatic hydroxyl groups excluding tert-OH is 1. The fraction of sp³-hybridized carbons (Fsp3) is 0.500. The molecule has 3 nitrogen and oxygen atoms in total. The molecule has 0 fully saturated rings. The van der Waals surface area contributed by atoms with Crippen molar-refractivity contribution in [1.82, 2.24) is 0 Å². The normalized spacial score (nSPS) is 12.9. The molecule has 1 aromatic carbocycles. The summed E-state index contributed by atoms with van der Waals surface area (Å²) >= 11 is 3.44. The van der Waals surface area contributed by atoms with Gasteiger partial charge in [0.1, 0.15) is 0 Å². The smallest absolute Gasteiger partial charge is 0.0635 e. The largest absolute Gasteiger partial charge is 0.394 e. The summed E-state index contributed by atoms with van der Waals surface area (Å²) in [6.07, 6.45) is 0. The predicted octanol–water partition coefficient (Wildman–Crippen LogP) is 2.34. The number of nitrogens with one attached hydrogen (secondary N) is 1. The lowest BCUT2D eigenvalue weighted by molar-refractivity contribution is 0.249. The summed E-state index contributed by atoms with van der Waals surface area (Å²) in [5, 5.41) is 12.6. The van der Waals surface area contributed by atoms with Crippen LogP contribution in [0, 0.1) is 5.92 Å². The molecule has 0 bridgehead atoms. The molecule has 1 rings (SSSR count). The first-order valence-electron chi connectivity index (χ1n) is 5.43. The molecule has 0 aromatic heterocycles. The Kier molecular flexibility index (Phi) is 5.25. The third-order valence-electron chi connectivity index (χ3n) is 2.55. The molecular formula is C12H19BrN2O. The number of anilines is 1. The second-order valence-electron chi connectivity index (χ2n) is 4.23. The van der Waals surface area contributed by atoms with Gasteiger partial charge >= 0.3 is 0 Å². The minimum absolute atomic E-state index is 0.0694. The van der Waals surface area contributed by atoms with E-state index < -0.39 is 0 Å². The maximum atomic E-state index is 9.25. The zero-order chi connectivity index (χ0) is 12.1. The lowest BCUT2D eigenvalue weighted by atomic mass is 10.0. The van der Waals surface area contributed by atoms with Crippen LogP contribution in [0.1, 0.15) is 19.4 Å². The fourth-order valence-corrected chi connectivity index (χ4v) is 2.03. The molecule has 4 heteroatoms. The van der Waals surface area contributed by atoms with Crippen LogP contribution in [0.15, 0.2) is 22.7 Å². The average molecular weight is 287 g/mol. The second-order valence-corrected chi connectivity index (χ2v) is 5.15. The average Bonchev–Trinajstić information content (AvgIpc) is 2.24. The van der Waals surface area contributed by atoms with Gasteiger partial charge in [-0.2, -0.15) is 0 Å². The molecule has 1 unspecified atom stereocenters. The van der Waals surface area contributed by atoms with E-state index in [0.29, 0.717) is 12.5 Å². The molecule has 0 saturated heterocycles. The van der Waals surface area contributed by atoms with Crippen LogP contribution in [0.3, 0.4) is 0 Å². The fourth-order valence-electron chi connectivity index (χ4n) is 1.49. The molecule has 0 radical (unpaired) electrons. The van der Waals surface area contributed by atoms with Gasteiger partial charge in [0.25, 0.3) is 0 Å². The molecule has 0 aliphatic rings. The third-order valence-corrected chi connectivity index (χ3v) is 3.00. The maximum absolute atomic E-state index is 9.25. The SMILES string of the molecule is CC(C)C(CO)Nc1cc(Br)cc(CN)c1. The van der Waals surface area contributed by atoms with E-state index in [-0.39, 0.29) is 12.6 Å². The van der Waals surface area contributed by atoms with Crippen molar-refractivity contribution in [2.75, 3.05) is 11.9 Å². The molecule has 16 heavy (non-hydrogen) atoms. The van der Waals surface area contributed by atoms with E-state index in [2.05, 4.69) is 35.1 Å². The van der Waals surface area contributed by atoms with Crippen LogP contribution in [0.4, 0.5) is 5.69 Å². The molecule has 0 saturated carbocycles. The molecular weight excluding hydrogens is 268 g/mol. The Morgan fingerprint density at radius 3 is 2.56 bits per heavy atom. The number of hydrogen-bond acceptors (Lipinski definition) is 3. The molecule has 0 spiro atoms. The molecule has 0 aliphatic carbocycles. The van der Waals surface area contributed by atoms with Crippen molar-refractivity contribution in [3.63, 3.8) is 0 Å². The monoisotopic (exact) mass is 286 g/mol. The van der Waals surface area contributed by atoms with Crippen LogP contribution in [-0.2, 0) is 6.54 Å². The minimum Gasteiger partial charge on any atom is -0.394 e. The summed E-state index contributed by atoms with van der Waals surface area (Å²) in [7, 11) is 0. The van der Waals surface area contributed by atoms with Crippen molar-refractivity contribution in [1.29, 1.82) is 0 Å². The van der Waals surface area contributed by atoms with Gasteiger partial charge in [0, 0.05) is 16.7 Å². The van der Waals surface area contributed by atoms with E-state index >= 15 is 0 Å². The summed E-state index contributed by atoms with van der Waals surface area (Å²) in [4.78, 5) is 0. The number of halogens is 1. The van der Waals surface area contributed by atoms with Gasteiger partial charge in [0.2, 0.25) is 0 Å². The van der Waals surface area contributed by atoms with E-state index in [0.717, 1.165) is 15.7 Å². The molecule has 1 atom stereocenters. The highest BCUT2D eigenvalue weighted by Gasteiger charge is 2.11. The van der Waals surface area contributed by atoms with Gasteiger partial charge in [-0.15, -0.1) is 0 Å². The zero-order valence-electron chi connectivity index (χ0n) is 9.70. The number of benzene rings is 1. The Bertz CT molecular complexity index is 342. The lowest BCUT2D eigenvalue weighted by Gasteiger charge is -2.21. The van der Waals surface area contributed by atoms with Crippen molar-refractivity contribution >= 4 is 21.6 Å². The van der Waals surface area contributed by atoms with Gasteiger partial charge in [-0.1, -0.05) is 29.8 Å². The van der Waals surface area contributed by atoms with Crippen molar-refractivity contribution in [2.24, 2.45) is 11.7 Å².